The zero-order valence-corrected chi connectivity index (χ0v) is 15.0. The summed E-state index contributed by atoms with van der Waals surface area (Å²) in [6.45, 7) is 2.22. The molecule has 1 atom stereocenters. The topological polar surface area (TPSA) is 62.6 Å². The van der Waals surface area contributed by atoms with Gasteiger partial charge in [0.15, 0.2) is 0 Å². The molecule has 1 N–H and O–H groups in total. The van der Waals surface area contributed by atoms with Gasteiger partial charge in [-0.2, -0.15) is 0 Å². The summed E-state index contributed by atoms with van der Waals surface area (Å²) in [5.74, 6) is 0.524. The summed E-state index contributed by atoms with van der Waals surface area (Å²) in [7, 11) is 0. The monoisotopic (exact) mass is 360 g/mol. The van der Waals surface area contributed by atoms with Gasteiger partial charge in [-0.05, 0) is 47.9 Å². The minimum atomic E-state index is -0.365. The average molecular weight is 360 g/mol. The Morgan fingerprint density at radius 2 is 1.89 bits per heavy atom. The lowest BCUT2D eigenvalue weighted by molar-refractivity contribution is -0.116. The Kier molecular flexibility index (Phi) is 4.50. The number of benzene rings is 2. The van der Waals surface area contributed by atoms with Crippen molar-refractivity contribution in [1.29, 1.82) is 0 Å². The van der Waals surface area contributed by atoms with Crippen molar-refractivity contribution in [3.63, 3.8) is 0 Å². The van der Waals surface area contributed by atoms with Gasteiger partial charge in [-0.3, -0.25) is 9.59 Å². The van der Waals surface area contributed by atoms with Crippen LogP contribution in [0.2, 0.25) is 0 Å². The van der Waals surface area contributed by atoms with E-state index in [0.717, 1.165) is 23.2 Å². The summed E-state index contributed by atoms with van der Waals surface area (Å²) in [6.07, 6.45) is 2.36. The third-order valence-corrected chi connectivity index (χ3v) is 4.85. The summed E-state index contributed by atoms with van der Waals surface area (Å²) in [5, 5.41) is 3.06. The van der Waals surface area contributed by atoms with Crippen LogP contribution in [0.15, 0.2) is 71.3 Å². The SMILES string of the molecule is CC(=O)N1CCc2cc(C(=O)NC(c3ccccc3)c3ccco3)ccc21. The number of rotatable bonds is 4. The maximum atomic E-state index is 12.9. The number of amides is 2. The van der Waals surface area contributed by atoms with E-state index in [2.05, 4.69) is 5.32 Å². The van der Waals surface area contributed by atoms with Crippen LogP contribution in [-0.4, -0.2) is 18.4 Å². The zero-order valence-electron chi connectivity index (χ0n) is 15.0. The molecule has 27 heavy (non-hydrogen) atoms. The van der Waals surface area contributed by atoms with Crippen molar-refractivity contribution in [2.75, 3.05) is 11.4 Å². The molecule has 4 rings (SSSR count). The summed E-state index contributed by atoms with van der Waals surface area (Å²) < 4.78 is 5.54. The van der Waals surface area contributed by atoms with E-state index >= 15 is 0 Å². The first-order valence-electron chi connectivity index (χ1n) is 8.94. The molecular formula is C22H20N2O3. The number of hydrogen-bond donors (Lipinski definition) is 1. The van der Waals surface area contributed by atoms with E-state index in [1.54, 1.807) is 24.2 Å². The van der Waals surface area contributed by atoms with Crippen LogP contribution < -0.4 is 10.2 Å². The van der Waals surface area contributed by atoms with E-state index in [9.17, 15) is 9.59 Å². The number of carbonyl (C=O) groups is 2. The van der Waals surface area contributed by atoms with Crippen LogP contribution in [0.4, 0.5) is 5.69 Å². The molecule has 2 aromatic carbocycles. The van der Waals surface area contributed by atoms with Gasteiger partial charge in [0.05, 0.1) is 6.26 Å². The number of hydrogen-bond acceptors (Lipinski definition) is 3. The van der Waals surface area contributed by atoms with Crippen molar-refractivity contribution < 1.29 is 14.0 Å². The molecule has 1 aliphatic rings. The summed E-state index contributed by atoms with van der Waals surface area (Å²) in [4.78, 5) is 26.3. The van der Waals surface area contributed by atoms with E-state index in [1.165, 1.54) is 0 Å². The highest BCUT2D eigenvalue weighted by Gasteiger charge is 2.24. The normalized spacial score (nSPS) is 13.9. The molecule has 1 aliphatic heterocycles. The van der Waals surface area contributed by atoms with Crippen LogP contribution >= 0.6 is 0 Å². The van der Waals surface area contributed by atoms with E-state index in [0.29, 0.717) is 17.9 Å². The smallest absolute Gasteiger partial charge is 0.252 e. The number of anilines is 1. The molecule has 0 fully saturated rings. The van der Waals surface area contributed by atoms with Gasteiger partial charge in [-0.25, -0.2) is 0 Å². The molecule has 0 aliphatic carbocycles. The highest BCUT2D eigenvalue weighted by atomic mass is 16.3. The fraction of sp³-hybridized carbons (Fsp3) is 0.182. The number of nitrogens with zero attached hydrogens (tertiary/aromatic N) is 1. The Labute approximate surface area is 157 Å². The molecule has 5 nitrogen and oxygen atoms in total. The van der Waals surface area contributed by atoms with Crippen molar-refractivity contribution in [1.82, 2.24) is 5.32 Å². The van der Waals surface area contributed by atoms with Crippen LogP contribution in [0.25, 0.3) is 0 Å². The molecule has 3 aromatic rings. The molecule has 0 spiro atoms. The molecule has 136 valence electrons. The first-order chi connectivity index (χ1) is 13.1. The van der Waals surface area contributed by atoms with Gasteiger partial charge in [0.2, 0.25) is 5.91 Å². The van der Waals surface area contributed by atoms with Crippen LogP contribution in [0.1, 0.15) is 40.2 Å². The van der Waals surface area contributed by atoms with Gasteiger partial charge in [0.25, 0.3) is 5.91 Å². The second-order valence-electron chi connectivity index (χ2n) is 6.60. The Morgan fingerprint density at radius 1 is 1.07 bits per heavy atom. The average Bonchev–Trinajstić information content (AvgIpc) is 3.35. The predicted molar refractivity (Wildman–Crippen MR) is 103 cm³/mol. The van der Waals surface area contributed by atoms with Gasteiger partial charge >= 0.3 is 0 Å². The summed E-state index contributed by atoms with van der Waals surface area (Å²) in [6, 6.07) is 18.5. The lowest BCUT2D eigenvalue weighted by atomic mass is 10.0. The number of fused-ring (bicyclic) bond motifs is 1. The second kappa shape index (κ2) is 7.11. The maximum Gasteiger partial charge on any atom is 0.252 e. The van der Waals surface area contributed by atoms with E-state index in [-0.39, 0.29) is 17.9 Å². The molecule has 0 bridgehead atoms. The summed E-state index contributed by atoms with van der Waals surface area (Å²) >= 11 is 0. The molecule has 0 saturated heterocycles. The standard InChI is InChI=1S/C22H20N2O3/c1-15(25)24-12-11-17-14-18(9-10-19(17)24)22(26)23-21(20-8-5-13-27-20)16-6-3-2-4-7-16/h2-10,13-14,21H,11-12H2,1H3,(H,23,26). The molecule has 0 radical (unpaired) electrons. The number of carbonyl (C=O) groups excluding carboxylic acids is 2. The van der Waals surface area contributed by atoms with Crippen molar-refractivity contribution in [2.24, 2.45) is 0 Å². The Balaban J connectivity index is 1.60. The fourth-order valence-corrected chi connectivity index (χ4v) is 3.50. The van der Waals surface area contributed by atoms with E-state index in [4.69, 9.17) is 4.42 Å². The van der Waals surface area contributed by atoms with Crippen LogP contribution in [0, 0.1) is 0 Å². The van der Waals surface area contributed by atoms with Crippen molar-refractivity contribution in [2.45, 2.75) is 19.4 Å². The highest BCUT2D eigenvalue weighted by molar-refractivity contribution is 5.98. The largest absolute Gasteiger partial charge is 0.467 e. The van der Waals surface area contributed by atoms with E-state index < -0.39 is 0 Å². The quantitative estimate of drug-likeness (QED) is 0.771. The lowest BCUT2D eigenvalue weighted by Gasteiger charge is -2.18. The first-order valence-corrected chi connectivity index (χ1v) is 8.94. The minimum Gasteiger partial charge on any atom is -0.467 e. The number of nitrogens with one attached hydrogen (secondary N) is 1. The Bertz CT molecular complexity index is 964. The third-order valence-electron chi connectivity index (χ3n) is 4.85. The maximum absolute atomic E-state index is 12.9. The van der Waals surface area contributed by atoms with E-state index in [1.807, 2.05) is 54.6 Å². The lowest BCUT2D eigenvalue weighted by Crippen LogP contribution is -2.29. The predicted octanol–water partition coefficient (Wildman–Crippen LogP) is 3.71. The van der Waals surface area contributed by atoms with Crippen LogP contribution in [-0.2, 0) is 11.2 Å². The van der Waals surface area contributed by atoms with Crippen LogP contribution in [0.5, 0.6) is 0 Å². The van der Waals surface area contributed by atoms with Gasteiger partial charge in [-0.1, -0.05) is 30.3 Å². The molecule has 1 aromatic heterocycles. The molecule has 2 heterocycles. The highest BCUT2D eigenvalue weighted by Crippen LogP contribution is 2.29. The van der Waals surface area contributed by atoms with Crippen molar-refractivity contribution in [3.05, 3.63) is 89.4 Å². The zero-order chi connectivity index (χ0) is 18.8. The third kappa shape index (κ3) is 3.36. The Morgan fingerprint density at radius 3 is 2.59 bits per heavy atom. The van der Waals surface area contributed by atoms with Crippen molar-refractivity contribution in [3.8, 4) is 0 Å². The first kappa shape index (κ1) is 17.1. The molecule has 2 amide bonds. The van der Waals surface area contributed by atoms with Gasteiger partial charge < -0.3 is 14.6 Å². The van der Waals surface area contributed by atoms with Gasteiger partial charge in [-0.15, -0.1) is 0 Å². The summed E-state index contributed by atoms with van der Waals surface area (Å²) in [5.41, 5.74) is 3.44. The second-order valence-corrected chi connectivity index (χ2v) is 6.60. The number of furan rings is 1. The molecule has 5 heteroatoms. The fourth-order valence-electron chi connectivity index (χ4n) is 3.50. The van der Waals surface area contributed by atoms with Crippen molar-refractivity contribution >= 4 is 17.5 Å². The minimum absolute atomic E-state index is 0.0212. The van der Waals surface area contributed by atoms with Gasteiger partial charge in [0.1, 0.15) is 11.8 Å². The Hall–Kier alpha value is -3.34. The van der Waals surface area contributed by atoms with Crippen LogP contribution in [0.3, 0.4) is 0 Å². The molecule has 1 unspecified atom stereocenters. The molecular weight excluding hydrogens is 340 g/mol. The van der Waals surface area contributed by atoms with Gasteiger partial charge in [0, 0.05) is 24.7 Å². The molecule has 0 saturated carbocycles.